The van der Waals surface area contributed by atoms with Crippen molar-refractivity contribution < 1.29 is 32.7 Å². The molecule has 28 heavy (non-hydrogen) atoms. The lowest BCUT2D eigenvalue weighted by atomic mass is 10.1. The summed E-state index contributed by atoms with van der Waals surface area (Å²) < 4.78 is 39.2. The molecule has 1 aliphatic rings. The van der Waals surface area contributed by atoms with Crippen molar-refractivity contribution in [2.45, 2.75) is 18.4 Å². The van der Waals surface area contributed by atoms with Crippen molar-refractivity contribution in [1.29, 1.82) is 0 Å². The van der Waals surface area contributed by atoms with Crippen molar-refractivity contribution in [2.24, 2.45) is 0 Å². The first kappa shape index (κ1) is 24.7. The monoisotopic (exact) mass is 457 g/mol. The van der Waals surface area contributed by atoms with E-state index in [0.717, 1.165) is 7.11 Å². The maximum Gasteiger partial charge on any atom is 0.261 e. The number of benzene rings is 1. The van der Waals surface area contributed by atoms with E-state index in [2.05, 4.69) is 10.1 Å². The van der Waals surface area contributed by atoms with Crippen molar-refractivity contribution in [3.05, 3.63) is 46.5 Å². The summed E-state index contributed by atoms with van der Waals surface area (Å²) >= 11 is 12.2. The van der Waals surface area contributed by atoms with Crippen LogP contribution in [0.3, 0.4) is 0 Å². The number of ether oxygens (including phenoxy) is 2. The number of aromatic nitrogens is 3. The maximum absolute atomic E-state index is 9.29. The third kappa shape index (κ3) is 7.60. The second kappa shape index (κ2) is 11.0. The zero-order valence-corrected chi connectivity index (χ0v) is 17.4. The summed E-state index contributed by atoms with van der Waals surface area (Å²) in [5.74, 6) is -1.12. The van der Waals surface area contributed by atoms with Gasteiger partial charge in [-0.1, -0.05) is 29.3 Å². The van der Waals surface area contributed by atoms with Crippen LogP contribution in [0.25, 0.3) is 0 Å². The Morgan fingerprint density at radius 3 is 2.46 bits per heavy atom. The van der Waals surface area contributed by atoms with E-state index in [1.165, 1.54) is 6.33 Å². The van der Waals surface area contributed by atoms with E-state index in [1.54, 1.807) is 29.2 Å². The van der Waals surface area contributed by atoms with E-state index < -0.39 is 22.0 Å². The first-order valence-electron chi connectivity index (χ1n) is 7.71. The number of aliphatic hydroxyl groups excluding tert-OH is 2. The highest BCUT2D eigenvalue weighted by molar-refractivity contribution is 7.85. The first-order chi connectivity index (χ1) is 13.1. The van der Waals surface area contributed by atoms with Crippen LogP contribution in [-0.2, 0) is 31.9 Å². The predicted molar refractivity (Wildman–Crippen MR) is 102 cm³/mol. The van der Waals surface area contributed by atoms with Gasteiger partial charge in [0.25, 0.3) is 10.1 Å². The predicted octanol–water partition coefficient (Wildman–Crippen LogP) is 0.958. The molecule has 1 saturated heterocycles. The Morgan fingerprint density at radius 2 is 2.00 bits per heavy atom. The van der Waals surface area contributed by atoms with Crippen molar-refractivity contribution >= 4 is 33.3 Å². The van der Waals surface area contributed by atoms with Crippen molar-refractivity contribution in [3.8, 4) is 0 Å². The van der Waals surface area contributed by atoms with Crippen LogP contribution in [-0.4, -0.2) is 70.6 Å². The number of nitrogens with zero attached hydrogens (tertiary/aromatic N) is 3. The molecule has 3 rings (SSSR count). The van der Waals surface area contributed by atoms with Gasteiger partial charge in [0.05, 0.1) is 24.5 Å². The Kier molecular flexibility index (Phi) is 9.74. The fourth-order valence-corrected chi connectivity index (χ4v) is 2.84. The third-order valence-corrected chi connectivity index (χ3v) is 3.79. The average Bonchev–Trinajstić information content (AvgIpc) is 3.26. The summed E-state index contributed by atoms with van der Waals surface area (Å²) in [7, 11) is -2.67. The van der Waals surface area contributed by atoms with Gasteiger partial charge in [0.15, 0.2) is 0 Å². The van der Waals surface area contributed by atoms with Gasteiger partial charge in [-0.05, 0) is 12.1 Å². The minimum absolute atomic E-state index is 0.135. The molecule has 1 fully saturated rings. The highest BCUT2D eigenvalue weighted by Crippen LogP contribution is 2.40. The van der Waals surface area contributed by atoms with Gasteiger partial charge in [-0.25, -0.2) is 9.67 Å². The zero-order valence-electron chi connectivity index (χ0n) is 15.1. The lowest BCUT2D eigenvalue weighted by Gasteiger charge is -2.29. The number of aliphatic hydroxyl groups is 2. The Balaban J connectivity index is 0.000000490. The fraction of sp³-hybridized carbons (Fsp3) is 0.467. The van der Waals surface area contributed by atoms with Crippen molar-refractivity contribution in [1.82, 2.24) is 14.8 Å². The van der Waals surface area contributed by atoms with E-state index in [1.807, 2.05) is 0 Å². The largest absolute Gasteiger partial charge is 0.400 e. The number of halogens is 2. The molecule has 2 atom stereocenters. The SMILES string of the molecule is CO.CS(=O)(=O)O.OCC1COC(Cn2cncn2)(c2ccc(Cl)cc2Cl)O1. The Morgan fingerprint density at radius 1 is 1.36 bits per heavy atom. The molecule has 0 bridgehead atoms. The molecule has 2 unspecified atom stereocenters. The smallest absolute Gasteiger partial charge is 0.261 e. The maximum atomic E-state index is 9.29. The topological polar surface area (TPSA) is 144 Å². The lowest BCUT2D eigenvalue weighted by Crippen LogP contribution is -2.34. The molecule has 3 N–H and O–H groups in total. The van der Waals surface area contributed by atoms with Gasteiger partial charge in [0.1, 0.15) is 25.3 Å². The van der Waals surface area contributed by atoms with Gasteiger partial charge in [-0.15, -0.1) is 0 Å². The molecule has 158 valence electrons. The van der Waals surface area contributed by atoms with Crippen molar-refractivity contribution in [3.63, 3.8) is 0 Å². The summed E-state index contributed by atoms with van der Waals surface area (Å²) in [6.07, 6.45) is 3.29. The van der Waals surface area contributed by atoms with Gasteiger partial charge in [0.2, 0.25) is 5.79 Å². The van der Waals surface area contributed by atoms with Crippen LogP contribution in [0.4, 0.5) is 0 Å². The molecular formula is C15H21Cl2N3O7S. The summed E-state index contributed by atoms with van der Waals surface area (Å²) in [6, 6.07) is 5.09. The highest BCUT2D eigenvalue weighted by atomic mass is 35.5. The van der Waals surface area contributed by atoms with Crippen LogP contribution in [0, 0.1) is 0 Å². The van der Waals surface area contributed by atoms with Crippen LogP contribution in [0.5, 0.6) is 0 Å². The molecule has 10 nitrogen and oxygen atoms in total. The van der Waals surface area contributed by atoms with Crippen LogP contribution < -0.4 is 0 Å². The third-order valence-electron chi connectivity index (χ3n) is 3.24. The lowest BCUT2D eigenvalue weighted by molar-refractivity contribution is -0.191. The standard InChI is InChI=1S/C13H13Cl2N3O3.CH4O3S.CH4O/c14-9-1-2-11(12(15)3-9)13(6-18-8-16-7-17-18)20-5-10(4-19)21-13;1-5(2,3)4;1-2/h1-3,7-8,10,19H,4-6H2;1H3,(H,2,3,4);2H,1H3. The first-order valence-corrected chi connectivity index (χ1v) is 10.3. The molecule has 2 aromatic rings. The molecule has 1 aliphatic heterocycles. The second-order valence-electron chi connectivity index (χ2n) is 5.44. The summed E-state index contributed by atoms with van der Waals surface area (Å²) in [6.45, 7) is 0.402. The van der Waals surface area contributed by atoms with Crippen LogP contribution in [0.2, 0.25) is 10.0 Å². The number of hydrogen-bond acceptors (Lipinski definition) is 8. The molecule has 0 radical (unpaired) electrons. The average molecular weight is 458 g/mol. The van der Waals surface area contributed by atoms with E-state index in [-0.39, 0.29) is 19.8 Å². The normalized spacial score (nSPS) is 21.3. The van der Waals surface area contributed by atoms with Gasteiger partial charge >= 0.3 is 0 Å². The summed E-state index contributed by atoms with van der Waals surface area (Å²) in [5.41, 5.74) is 0.639. The van der Waals surface area contributed by atoms with E-state index in [9.17, 15) is 13.5 Å². The van der Waals surface area contributed by atoms with Crippen LogP contribution >= 0.6 is 23.2 Å². The van der Waals surface area contributed by atoms with Gasteiger partial charge in [0, 0.05) is 17.7 Å². The highest BCUT2D eigenvalue weighted by Gasteiger charge is 2.45. The summed E-state index contributed by atoms with van der Waals surface area (Å²) in [5, 5.41) is 21.3. The Hall–Kier alpha value is -1.31. The second-order valence-corrected chi connectivity index (χ2v) is 7.75. The minimum atomic E-state index is -3.67. The number of hydrogen-bond donors (Lipinski definition) is 3. The molecule has 0 aliphatic carbocycles. The van der Waals surface area contributed by atoms with E-state index in [0.29, 0.717) is 21.9 Å². The Bertz CT molecular complexity index is 828. The summed E-state index contributed by atoms with van der Waals surface area (Å²) in [4.78, 5) is 3.90. The molecule has 1 aromatic carbocycles. The van der Waals surface area contributed by atoms with Crippen LogP contribution in [0.1, 0.15) is 5.56 Å². The molecule has 0 amide bonds. The van der Waals surface area contributed by atoms with Gasteiger partial charge < -0.3 is 19.7 Å². The molecule has 0 spiro atoms. The molecule has 0 saturated carbocycles. The van der Waals surface area contributed by atoms with Crippen LogP contribution in [0.15, 0.2) is 30.9 Å². The van der Waals surface area contributed by atoms with Gasteiger partial charge in [-0.2, -0.15) is 13.5 Å². The Labute approximate surface area is 172 Å². The molecule has 2 heterocycles. The molecule has 13 heteroatoms. The van der Waals surface area contributed by atoms with E-state index in [4.69, 9.17) is 42.3 Å². The van der Waals surface area contributed by atoms with E-state index >= 15 is 0 Å². The number of rotatable bonds is 4. The molecule has 1 aromatic heterocycles. The minimum Gasteiger partial charge on any atom is -0.400 e. The quantitative estimate of drug-likeness (QED) is 0.571. The van der Waals surface area contributed by atoms with Gasteiger partial charge in [-0.3, -0.25) is 4.55 Å². The van der Waals surface area contributed by atoms with Crippen molar-refractivity contribution in [2.75, 3.05) is 26.6 Å². The molecular weight excluding hydrogens is 437 g/mol. The fourth-order valence-electron chi connectivity index (χ4n) is 2.29. The zero-order chi connectivity index (χ0) is 21.4.